The molecule has 148 valence electrons. The molecule has 1 aromatic rings. The molecule has 0 saturated carbocycles. The third-order valence-electron chi connectivity index (χ3n) is 6.01. The number of amides is 2. The second kappa shape index (κ2) is 8.87. The van der Waals surface area contributed by atoms with E-state index in [-0.39, 0.29) is 30.0 Å². The molecule has 0 aliphatic carbocycles. The molecule has 2 heterocycles. The first kappa shape index (κ1) is 19.9. The Morgan fingerprint density at radius 3 is 2.44 bits per heavy atom. The minimum Gasteiger partial charge on any atom is -0.369 e. The lowest BCUT2D eigenvalue weighted by molar-refractivity contribution is -0.182. The van der Waals surface area contributed by atoms with Crippen molar-refractivity contribution in [3.63, 3.8) is 0 Å². The molecule has 2 amide bonds. The van der Waals surface area contributed by atoms with Gasteiger partial charge in [0.25, 0.3) is 5.91 Å². The molecule has 3 rings (SSSR count). The van der Waals surface area contributed by atoms with Crippen LogP contribution in [0.1, 0.15) is 45.1 Å². The highest BCUT2D eigenvalue weighted by Gasteiger charge is 2.52. The summed E-state index contributed by atoms with van der Waals surface area (Å²) in [5.41, 5.74) is 1.29. The summed E-state index contributed by atoms with van der Waals surface area (Å²) in [6, 6.07) is 10.7. The largest absolute Gasteiger partial charge is 0.369 e. The summed E-state index contributed by atoms with van der Waals surface area (Å²) < 4.78 is 5.44. The van der Waals surface area contributed by atoms with Gasteiger partial charge in [0.15, 0.2) is 6.10 Å². The zero-order valence-electron chi connectivity index (χ0n) is 16.8. The van der Waals surface area contributed by atoms with Crippen molar-refractivity contribution in [2.45, 2.75) is 64.1 Å². The summed E-state index contributed by atoms with van der Waals surface area (Å²) >= 11 is 0. The van der Waals surface area contributed by atoms with Gasteiger partial charge in [-0.05, 0) is 51.0 Å². The van der Waals surface area contributed by atoms with Crippen LogP contribution in [0.3, 0.4) is 0 Å². The number of hydrogen-bond donors (Lipinski definition) is 0. The Bertz CT molecular complexity index is 638. The topological polar surface area (TPSA) is 49.9 Å². The monoisotopic (exact) mass is 372 g/mol. The first-order valence-corrected chi connectivity index (χ1v) is 10.2. The van der Waals surface area contributed by atoms with Gasteiger partial charge >= 0.3 is 0 Å². The van der Waals surface area contributed by atoms with Gasteiger partial charge in [-0.15, -0.1) is 0 Å². The molecule has 2 aliphatic rings. The first-order chi connectivity index (χ1) is 13.0. The van der Waals surface area contributed by atoms with E-state index in [9.17, 15) is 9.59 Å². The van der Waals surface area contributed by atoms with Gasteiger partial charge < -0.3 is 14.5 Å². The van der Waals surface area contributed by atoms with Crippen LogP contribution in [0.5, 0.6) is 0 Å². The molecule has 2 fully saturated rings. The van der Waals surface area contributed by atoms with E-state index < -0.39 is 0 Å². The van der Waals surface area contributed by atoms with Crippen molar-refractivity contribution in [2.24, 2.45) is 5.92 Å². The quantitative estimate of drug-likeness (QED) is 0.692. The van der Waals surface area contributed by atoms with Crippen molar-refractivity contribution in [2.75, 3.05) is 20.2 Å². The minimum atomic E-state index is -0.300. The van der Waals surface area contributed by atoms with Crippen molar-refractivity contribution < 1.29 is 14.3 Å². The SMILES string of the molecule is CO[C@H]1C(=O)N(C(C)C)[C@H]1C1CCN(C(=O)CCCc2ccccc2)CC1. The van der Waals surface area contributed by atoms with E-state index in [1.807, 2.05) is 28.0 Å². The predicted molar refractivity (Wildman–Crippen MR) is 105 cm³/mol. The van der Waals surface area contributed by atoms with Crippen LogP contribution in [0.25, 0.3) is 0 Å². The van der Waals surface area contributed by atoms with Crippen molar-refractivity contribution in [3.05, 3.63) is 35.9 Å². The molecule has 1 aromatic carbocycles. The molecule has 5 heteroatoms. The van der Waals surface area contributed by atoms with E-state index in [4.69, 9.17) is 4.74 Å². The van der Waals surface area contributed by atoms with Crippen LogP contribution in [0.15, 0.2) is 30.3 Å². The first-order valence-electron chi connectivity index (χ1n) is 10.2. The molecule has 0 aromatic heterocycles. The van der Waals surface area contributed by atoms with Gasteiger partial charge in [0, 0.05) is 32.7 Å². The number of nitrogens with zero attached hydrogens (tertiary/aromatic N) is 2. The normalized spacial score (nSPS) is 23.6. The lowest BCUT2D eigenvalue weighted by Gasteiger charge is -2.53. The van der Waals surface area contributed by atoms with Gasteiger partial charge in [-0.25, -0.2) is 0 Å². The Morgan fingerprint density at radius 1 is 1.19 bits per heavy atom. The molecule has 5 nitrogen and oxygen atoms in total. The number of piperidine rings is 1. The Labute approximate surface area is 162 Å². The molecule has 0 radical (unpaired) electrons. The van der Waals surface area contributed by atoms with Gasteiger partial charge in [0.2, 0.25) is 5.91 Å². The van der Waals surface area contributed by atoms with Gasteiger partial charge in [0.1, 0.15) is 0 Å². The van der Waals surface area contributed by atoms with E-state index in [1.165, 1.54) is 5.56 Å². The maximum atomic E-state index is 12.5. The summed E-state index contributed by atoms with van der Waals surface area (Å²) in [5.74, 6) is 0.790. The fraction of sp³-hybridized carbons (Fsp3) is 0.636. The Morgan fingerprint density at radius 2 is 1.85 bits per heavy atom. The number of likely N-dealkylation sites (tertiary alicyclic amines) is 2. The predicted octanol–water partition coefficient (Wildman–Crippen LogP) is 2.88. The standard InChI is InChI=1S/C22H32N2O3/c1-16(2)24-20(21(27-3)22(24)26)18-12-14-23(15-13-18)19(25)11-7-10-17-8-5-4-6-9-17/h4-6,8-9,16,18,20-21H,7,10-15H2,1-3H3/t20-,21+/m0/s1. The van der Waals surface area contributed by atoms with Crippen molar-refractivity contribution in [1.82, 2.24) is 9.80 Å². The lowest BCUT2D eigenvalue weighted by Crippen LogP contribution is -2.70. The Kier molecular flexibility index (Phi) is 6.53. The maximum absolute atomic E-state index is 12.5. The fourth-order valence-electron chi connectivity index (χ4n) is 4.55. The van der Waals surface area contributed by atoms with E-state index in [0.29, 0.717) is 12.3 Å². The molecule has 0 N–H and O–H groups in total. The fourth-order valence-corrected chi connectivity index (χ4v) is 4.55. The van der Waals surface area contributed by atoms with Crippen LogP contribution in [-0.4, -0.2) is 60.0 Å². The molecule has 2 atom stereocenters. The van der Waals surface area contributed by atoms with Gasteiger partial charge in [-0.3, -0.25) is 9.59 Å². The molecule has 0 bridgehead atoms. The zero-order chi connectivity index (χ0) is 19.4. The Balaban J connectivity index is 1.45. The maximum Gasteiger partial charge on any atom is 0.254 e. The molecule has 0 unspecified atom stereocenters. The average Bonchev–Trinajstić information content (AvgIpc) is 2.67. The second-order valence-electron chi connectivity index (χ2n) is 8.04. The summed E-state index contributed by atoms with van der Waals surface area (Å²) in [6.07, 6.45) is 4.06. The highest BCUT2D eigenvalue weighted by atomic mass is 16.5. The molecular weight excluding hydrogens is 340 g/mol. The van der Waals surface area contributed by atoms with Gasteiger partial charge in [0.05, 0.1) is 6.04 Å². The molecule has 2 aliphatic heterocycles. The van der Waals surface area contributed by atoms with Crippen LogP contribution in [0.2, 0.25) is 0 Å². The van der Waals surface area contributed by atoms with Crippen LogP contribution >= 0.6 is 0 Å². The number of β-lactam (4-membered cyclic amide) rings is 1. The molecular formula is C22H32N2O3. The number of benzene rings is 1. The molecule has 2 saturated heterocycles. The number of carbonyl (C=O) groups is 2. The molecule has 0 spiro atoms. The van der Waals surface area contributed by atoms with E-state index in [2.05, 4.69) is 26.0 Å². The number of aryl methyl sites for hydroxylation is 1. The number of hydrogen-bond acceptors (Lipinski definition) is 3. The third kappa shape index (κ3) is 4.34. The molecule has 27 heavy (non-hydrogen) atoms. The Hall–Kier alpha value is -1.88. The van der Waals surface area contributed by atoms with Crippen LogP contribution < -0.4 is 0 Å². The van der Waals surface area contributed by atoms with E-state index in [0.717, 1.165) is 38.8 Å². The third-order valence-corrected chi connectivity index (χ3v) is 6.01. The van der Waals surface area contributed by atoms with Crippen LogP contribution in [0, 0.1) is 5.92 Å². The van der Waals surface area contributed by atoms with E-state index >= 15 is 0 Å². The zero-order valence-corrected chi connectivity index (χ0v) is 16.8. The summed E-state index contributed by atoms with van der Waals surface area (Å²) in [4.78, 5) is 28.7. The van der Waals surface area contributed by atoms with Gasteiger partial charge in [-0.1, -0.05) is 30.3 Å². The second-order valence-corrected chi connectivity index (χ2v) is 8.04. The highest BCUT2D eigenvalue weighted by Crippen LogP contribution is 2.36. The van der Waals surface area contributed by atoms with Gasteiger partial charge in [-0.2, -0.15) is 0 Å². The lowest BCUT2D eigenvalue weighted by atomic mass is 9.79. The van der Waals surface area contributed by atoms with Crippen molar-refractivity contribution in [1.29, 1.82) is 0 Å². The summed E-state index contributed by atoms with van der Waals surface area (Å²) in [7, 11) is 1.62. The smallest absolute Gasteiger partial charge is 0.254 e. The van der Waals surface area contributed by atoms with Crippen LogP contribution in [0.4, 0.5) is 0 Å². The summed E-state index contributed by atoms with van der Waals surface area (Å²) in [6.45, 7) is 5.70. The number of ether oxygens (including phenoxy) is 1. The number of methoxy groups -OCH3 is 1. The van der Waals surface area contributed by atoms with E-state index in [1.54, 1.807) is 7.11 Å². The van der Waals surface area contributed by atoms with Crippen molar-refractivity contribution >= 4 is 11.8 Å². The minimum absolute atomic E-state index is 0.108. The number of carbonyl (C=O) groups excluding carboxylic acids is 2. The average molecular weight is 373 g/mol. The number of rotatable bonds is 7. The van der Waals surface area contributed by atoms with Crippen molar-refractivity contribution in [3.8, 4) is 0 Å². The highest BCUT2D eigenvalue weighted by molar-refractivity contribution is 5.88. The van der Waals surface area contributed by atoms with Crippen LogP contribution in [-0.2, 0) is 20.7 Å². The summed E-state index contributed by atoms with van der Waals surface area (Å²) in [5, 5.41) is 0.